The van der Waals surface area contributed by atoms with E-state index < -0.39 is 5.54 Å². The van der Waals surface area contributed by atoms with Gasteiger partial charge in [-0.1, -0.05) is 6.07 Å². The monoisotopic (exact) mass is 472 g/mol. The minimum Gasteiger partial charge on any atom is -0.474 e. The molecule has 3 aromatic heterocycles. The van der Waals surface area contributed by atoms with Crippen molar-refractivity contribution >= 4 is 12.8 Å². The van der Waals surface area contributed by atoms with Gasteiger partial charge in [0.1, 0.15) is 17.5 Å². The molecular weight excluding hydrogens is 440 g/mol. The average Bonchev–Trinajstić information content (AvgIpc) is 3.49. The van der Waals surface area contributed by atoms with Crippen LogP contribution in [0.1, 0.15) is 56.8 Å². The maximum atomic E-state index is 9.49. The van der Waals surface area contributed by atoms with Gasteiger partial charge < -0.3 is 10.1 Å². The van der Waals surface area contributed by atoms with Crippen LogP contribution in [0.4, 0.5) is 0 Å². The van der Waals surface area contributed by atoms with Crippen LogP contribution in [-0.4, -0.2) is 44.4 Å². The maximum Gasteiger partial charge on any atom is 0.213 e. The molecule has 3 heterocycles. The Hall–Kier alpha value is -3.93. The van der Waals surface area contributed by atoms with Crippen LogP contribution in [-0.2, 0) is 5.54 Å². The molecule has 35 heavy (non-hydrogen) atoms. The molecule has 0 unspecified atom stereocenters. The summed E-state index contributed by atoms with van der Waals surface area (Å²) in [5.41, 5.74) is 3.00. The van der Waals surface area contributed by atoms with Crippen LogP contribution in [0, 0.1) is 18.3 Å². The second-order valence-electron chi connectivity index (χ2n) is 9.30. The molecule has 0 spiro atoms. The molecule has 0 saturated heterocycles. The van der Waals surface area contributed by atoms with E-state index in [-0.39, 0.29) is 12.1 Å². The number of nitrogens with zero attached hydrogens (tertiary/aromatic N) is 7. The van der Waals surface area contributed by atoms with E-state index in [9.17, 15) is 5.26 Å². The Morgan fingerprint density at radius 1 is 1.31 bits per heavy atom. The highest BCUT2D eigenvalue weighted by molar-refractivity contribution is 5.68. The summed E-state index contributed by atoms with van der Waals surface area (Å²) < 4.78 is 9.88. The van der Waals surface area contributed by atoms with Crippen molar-refractivity contribution in [3.8, 4) is 23.2 Å². The lowest BCUT2D eigenvalue weighted by Gasteiger charge is -2.29. The van der Waals surface area contributed by atoms with Crippen molar-refractivity contribution in [1.82, 2.24) is 29.9 Å². The van der Waals surface area contributed by atoms with Crippen LogP contribution in [0.5, 0.6) is 5.88 Å². The van der Waals surface area contributed by atoms with Crippen LogP contribution in [0.2, 0.25) is 0 Å². The standard InChI is InChI=1S/C26H32N8O/c1-18-22(14-23(28-4)29-5)34(32-25(18)19-15-31-33(16-19)26(2,3)17-27)20-9-11-21(12-10-20)35-24-8-6-7-13-30-24/h6-8,13-16,20-21,29H,4,9-12H2,1-3,5H3/b23-14+. The van der Waals surface area contributed by atoms with Crippen molar-refractivity contribution in [1.29, 1.82) is 5.26 Å². The van der Waals surface area contributed by atoms with E-state index in [1.807, 2.05) is 51.4 Å². The zero-order chi connectivity index (χ0) is 25.0. The molecule has 182 valence electrons. The Kier molecular flexibility index (Phi) is 7.01. The number of rotatable bonds is 8. The van der Waals surface area contributed by atoms with Gasteiger partial charge in [-0.2, -0.15) is 15.5 Å². The van der Waals surface area contributed by atoms with Crippen molar-refractivity contribution in [3.05, 3.63) is 53.9 Å². The third kappa shape index (κ3) is 5.11. The molecule has 0 atom stereocenters. The van der Waals surface area contributed by atoms with E-state index in [2.05, 4.69) is 44.8 Å². The first kappa shape index (κ1) is 24.2. The predicted molar refractivity (Wildman–Crippen MR) is 136 cm³/mol. The van der Waals surface area contributed by atoms with E-state index in [0.717, 1.165) is 48.2 Å². The fraction of sp³-hybridized carbons (Fsp3) is 0.423. The highest BCUT2D eigenvalue weighted by atomic mass is 16.5. The molecule has 0 amide bonds. The van der Waals surface area contributed by atoms with Crippen molar-refractivity contribution in [3.63, 3.8) is 0 Å². The highest BCUT2D eigenvalue weighted by Gasteiger charge is 2.28. The topological polar surface area (TPSA) is 106 Å². The number of pyridine rings is 1. The van der Waals surface area contributed by atoms with Gasteiger partial charge in [-0.15, -0.1) is 0 Å². The van der Waals surface area contributed by atoms with Crippen molar-refractivity contribution in [2.24, 2.45) is 4.99 Å². The van der Waals surface area contributed by atoms with Gasteiger partial charge in [0.05, 0.1) is 29.7 Å². The molecule has 1 aliphatic carbocycles. The molecule has 1 aliphatic rings. The Balaban J connectivity index is 1.63. The minimum absolute atomic E-state index is 0.144. The highest BCUT2D eigenvalue weighted by Crippen LogP contribution is 2.35. The molecule has 0 aliphatic heterocycles. The molecular formula is C26H32N8O. The lowest BCUT2D eigenvalue weighted by Crippen LogP contribution is -2.27. The average molecular weight is 473 g/mol. The molecule has 0 radical (unpaired) electrons. The molecule has 3 aromatic rings. The second-order valence-corrected chi connectivity index (χ2v) is 9.30. The summed E-state index contributed by atoms with van der Waals surface area (Å²) in [6.45, 7) is 9.41. The van der Waals surface area contributed by atoms with Gasteiger partial charge in [0, 0.05) is 42.7 Å². The fourth-order valence-corrected chi connectivity index (χ4v) is 4.38. The molecule has 0 bridgehead atoms. The van der Waals surface area contributed by atoms with Crippen LogP contribution >= 0.6 is 0 Å². The van der Waals surface area contributed by atoms with E-state index in [1.54, 1.807) is 17.1 Å². The van der Waals surface area contributed by atoms with Gasteiger partial charge in [0.25, 0.3) is 0 Å². The summed E-state index contributed by atoms with van der Waals surface area (Å²) in [5, 5.41) is 22.1. The number of aromatic nitrogens is 5. The predicted octanol–water partition coefficient (Wildman–Crippen LogP) is 4.49. The summed E-state index contributed by atoms with van der Waals surface area (Å²) in [4.78, 5) is 8.39. The summed E-state index contributed by atoms with van der Waals surface area (Å²) in [7, 11) is 1.83. The first-order chi connectivity index (χ1) is 16.9. The number of hydrogen-bond donors (Lipinski definition) is 1. The Bertz CT molecular complexity index is 1240. The smallest absolute Gasteiger partial charge is 0.213 e. The summed E-state index contributed by atoms with van der Waals surface area (Å²) in [5.74, 6) is 1.35. The summed E-state index contributed by atoms with van der Waals surface area (Å²) >= 11 is 0. The number of ether oxygens (including phenoxy) is 1. The molecule has 1 fully saturated rings. The van der Waals surface area contributed by atoms with Crippen molar-refractivity contribution < 1.29 is 4.74 Å². The molecule has 0 aromatic carbocycles. The fourth-order valence-electron chi connectivity index (χ4n) is 4.38. The van der Waals surface area contributed by atoms with Gasteiger partial charge in [-0.25, -0.2) is 9.98 Å². The van der Waals surface area contributed by atoms with E-state index >= 15 is 0 Å². The lowest BCUT2D eigenvalue weighted by molar-refractivity contribution is 0.124. The van der Waals surface area contributed by atoms with Gasteiger partial charge >= 0.3 is 0 Å². The largest absolute Gasteiger partial charge is 0.474 e. The van der Waals surface area contributed by atoms with Crippen LogP contribution in [0.25, 0.3) is 17.3 Å². The Morgan fingerprint density at radius 2 is 2.09 bits per heavy atom. The normalized spacial score (nSPS) is 18.7. The number of nitriles is 1. The third-order valence-corrected chi connectivity index (χ3v) is 6.51. The minimum atomic E-state index is -0.741. The Labute approximate surface area is 206 Å². The lowest BCUT2D eigenvalue weighted by atomic mass is 9.92. The third-order valence-electron chi connectivity index (χ3n) is 6.51. The van der Waals surface area contributed by atoms with E-state index in [1.165, 1.54) is 0 Å². The summed E-state index contributed by atoms with van der Waals surface area (Å²) in [6.07, 6.45) is 11.3. The van der Waals surface area contributed by atoms with Crippen LogP contribution < -0.4 is 10.1 Å². The maximum absolute atomic E-state index is 9.49. The van der Waals surface area contributed by atoms with Crippen molar-refractivity contribution in [2.45, 2.75) is 64.1 Å². The van der Waals surface area contributed by atoms with Gasteiger partial charge in [-0.05, 0) is 59.2 Å². The molecule has 1 N–H and O–H groups in total. The zero-order valence-electron chi connectivity index (χ0n) is 20.8. The van der Waals surface area contributed by atoms with Crippen molar-refractivity contribution in [2.75, 3.05) is 7.05 Å². The molecule has 1 saturated carbocycles. The summed E-state index contributed by atoms with van der Waals surface area (Å²) in [6, 6.07) is 8.24. The SMILES string of the molecule is C=N/C(=C\c1c(C)c(-c2cnn(C(C)(C)C#N)c2)nn1C1CCC(Oc2ccccn2)CC1)NC. The van der Waals surface area contributed by atoms with E-state index in [0.29, 0.717) is 11.7 Å². The Morgan fingerprint density at radius 3 is 2.71 bits per heavy atom. The van der Waals surface area contributed by atoms with Crippen LogP contribution in [0.15, 0.2) is 47.6 Å². The van der Waals surface area contributed by atoms with Gasteiger partial charge in [-0.3, -0.25) is 9.36 Å². The molecule has 9 nitrogen and oxygen atoms in total. The first-order valence-corrected chi connectivity index (χ1v) is 11.9. The number of hydrogen-bond acceptors (Lipinski definition) is 7. The second kappa shape index (κ2) is 10.1. The zero-order valence-corrected chi connectivity index (χ0v) is 20.8. The van der Waals surface area contributed by atoms with E-state index in [4.69, 9.17) is 9.84 Å². The van der Waals surface area contributed by atoms with Gasteiger partial charge in [0.15, 0.2) is 0 Å². The molecule has 4 rings (SSSR count). The number of aliphatic imine (C=N–C) groups is 1. The first-order valence-electron chi connectivity index (χ1n) is 11.9. The number of nitrogens with one attached hydrogen (secondary N) is 1. The quantitative estimate of drug-likeness (QED) is 0.484. The van der Waals surface area contributed by atoms with Crippen LogP contribution in [0.3, 0.4) is 0 Å². The van der Waals surface area contributed by atoms with Gasteiger partial charge in [0.2, 0.25) is 5.88 Å². The molecule has 9 heteroatoms.